The van der Waals surface area contributed by atoms with Gasteiger partial charge in [-0.1, -0.05) is 25.4 Å². The van der Waals surface area contributed by atoms with Crippen molar-refractivity contribution in [3.8, 4) is 0 Å². The molecule has 0 saturated carbocycles. The lowest BCUT2D eigenvalue weighted by Crippen LogP contribution is -2.42. The fraction of sp³-hybridized carbons (Fsp3) is 0.500. The molecule has 0 spiro atoms. The average Bonchev–Trinajstić information content (AvgIpc) is 2.31. The van der Waals surface area contributed by atoms with E-state index in [2.05, 4.69) is 13.8 Å². The van der Waals surface area contributed by atoms with Gasteiger partial charge in [-0.25, -0.2) is 8.78 Å². The lowest BCUT2D eigenvalue weighted by Gasteiger charge is -2.35. The van der Waals surface area contributed by atoms with Gasteiger partial charge in [0.1, 0.15) is 0 Å². The van der Waals surface area contributed by atoms with Gasteiger partial charge in [-0.3, -0.25) is 4.79 Å². The van der Waals surface area contributed by atoms with Gasteiger partial charge in [0.2, 0.25) is 0 Å². The molecule has 1 aromatic carbocycles. The van der Waals surface area contributed by atoms with E-state index in [0.29, 0.717) is 24.9 Å². The van der Waals surface area contributed by atoms with Crippen molar-refractivity contribution in [3.63, 3.8) is 0 Å². The molecule has 1 aliphatic heterocycles. The molecule has 1 saturated heterocycles. The third kappa shape index (κ3) is 3.06. The first kappa shape index (κ1) is 14.3. The predicted octanol–water partition coefficient (Wildman–Crippen LogP) is 3.74. The summed E-state index contributed by atoms with van der Waals surface area (Å²) in [5, 5.41) is -0.0465. The second-order valence-electron chi connectivity index (χ2n) is 5.40. The summed E-state index contributed by atoms with van der Waals surface area (Å²) in [7, 11) is 0. The molecule has 2 unspecified atom stereocenters. The summed E-state index contributed by atoms with van der Waals surface area (Å²) < 4.78 is 26.2. The summed E-state index contributed by atoms with van der Waals surface area (Å²) in [5.74, 6) is -1.62. The van der Waals surface area contributed by atoms with Crippen LogP contribution in [0.3, 0.4) is 0 Å². The van der Waals surface area contributed by atoms with Crippen LogP contribution < -0.4 is 0 Å². The number of carbonyl (C=O) groups is 1. The SMILES string of the molecule is CC1CC(C)CN(C(=O)c2cc(F)c(F)cc2Cl)C1. The van der Waals surface area contributed by atoms with E-state index in [-0.39, 0.29) is 16.5 Å². The quantitative estimate of drug-likeness (QED) is 0.721. The molecule has 19 heavy (non-hydrogen) atoms. The van der Waals surface area contributed by atoms with Gasteiger partial charge in [0.15, 0.2) is 11.6 Å². The topological polar surface area (TPSA) is 20.3 Å². The zero-order valence-electron chi connectivity index (χ0n) is 10.9. The van der Waals surface area contributed by atoms with Crippen molar-refractivity contribution in [2.45, 2.75) is 20.3 Å². The van der Waals surface area contributed by atoms with Crippen LogP contribution in [0.4, 0.5) is 8.78 Å². The highest BCUT2D eigenvalue weighted by molar-refractivity contribution is 6.33. The first-order valence-corrected chi connectivity index (χ1v) is 6.70. The molecule has 0 radical (unpaired) electrons. The Morgan fingerprint density at radius 2 is 1.74 bits per heavy atom. The second kappa shape index (κ2) is 5.45. The summed E-state index contributed by atoms with van der Waals surface area (Å²) in [4.78, 5) is 14.0. The van der Waals surface area contributed by atoms with E-state index in [1.807, 2.05) is 0 Å². The molecule has 1 heterocycles. The minimum atomic E-state index is -1.05. The van der Waals surface area contributed by atoms with E-state index in [1.54, 1.807) is 4.90 Å². The minimum absolute atomic E-state index is 0.0295. The Morgan fingerprint density at radius 3 is 2.32 bits per heavy atom. The Kier molecular flexibility index (Phi) is 4.09. The number of hydrogen-bond donors (Lipinski definition) is 0. The normalized spacial score (nSPS) is 23.5. The summed E-state index contributed by atoms with van der Waals surface area (Å²) in [6.45, 7) is 5.39. The molecule has 0 N–H and O–H groups in total. The molecule has 0 aliphatic carbocycles. The lowest BCUT2D eigenvalue weighted by molar-refractivity contribution is 0.0622. The first-order chi connectivity index (χ1) is 8.88. The maximum atomic E-state index is 13.2. The van der Waals surface area contributed by atoms with Gasteiger partial charge in [-0.05, 0) is 30.4 Å². The van der Waals surface area contributed by atoms with Crippen molar-refractivity contribution in [3.05, 3.63) is 34.4 Å². The first-order valence-electron chi connectivity index (χ1n) is 6.32. The predicted molar refractivity (Wildman–Crippen MR) is 70.2 cm³/mol. The highest BCUT2D eigenvalue weighted by Gasteiger charge is 2.27. The molecule has 1 aromatic rings. The number of halogens is 3. The lowest BCUT2D eigenvalue weighted by atomic mass is 9.91. The zero-order valence-corrected chi connectivity index (χ0v) is 11.7. The van der Waals surface area contributed by atoms with Crippen LogP contribution in [0.15, 0.2) is 12.1 Å². The van der Waals surface area contributed by atoms with Crippen molar-refractivity contribution >= 4 is 17.5 Å². The standard InChI is InChI=1S/C14H16ClF2NO/c1-8-3-9(2)7-18(6-8)14(19)10-4-12(16)13(17)5-11(10)15/h4-5,8-9H,3,6-7H2,1-2H3. The second-order valence-corrected chi connectivity index (χ2v) is 5.81. The van der Waals surface area contributed by atoms with Crippen LogP contribution in [0.5, 0.6) is 0 Å². The van der Waals surface area contributed by atoms with Crippen molar-refractivity contribution in [2.75, 3.05) is 13.1 Å². The van der Waals surface area contributed by atoms with Crippen LogP contribution in [0.2, 0.25) is 5.02 Å². The van der Waals surface area contributed by atoms with Crippen LogP contribution in [0.25, 0.3) is 0 Å². The molecule has 104 valence electrons. The number of hydrogen-bond acceptors (Lipinski definition) is 1. The van der Waals surface area contributed by atoms with Crippen molar-refractivity contribution in [2.24, 2.45) is 11.8 Å². The average molecular weight is 288 g/mol. The maximum Gasteiger partial charge on any atom is 0.255 e. The van der Waals surface area contributed by atoms with Gasteiger partial charge in [0.05, 0.1) is 10.6 Å². The van der Waals surface area contributed by atoms with Crippen molar-refractivity contribution < 1.29 is 13.6 Å². The van der Waals surface area contributed by atoms with Crippen LogP contribution in [-0.4, -0.2) is 23.9 Å². The third-order valence-electron chi connectivity index (χ3n) is 3.40. The number of likely N-dealkylation sites (tertiary alicyclic amines) is 1. The molecule has 2 atom stereocenters. The number of nitrogens with zero attached hydrogens (tertiary/aromatic N) is 1. The van der Waals surface area contributed by atoms with E-state index in [9.17, 15) is 13.6 Å². The molecule has 2 nitrogen and oxygen atoms in total. The van der Waals surface area contributed by atoms with Gasteiger partial charge in [0, 0.05) is 13.1 Å². The van der Waals surface area contributed by atoms with Crippen molar-refractivity contribution in [1.82, 2.24) is 4.90 Å². The van der Waals surface area contributed by atoms with E-state index < -0.39 is 11.6 Å². The van der Waals surface area contributed by atoms with Gasteiger partial charge < -0.3 is 4.90 Å². The number of amides is 1. The molecule has 1 amide bonds. The summed E-state index contributed by atoms with van der Waals surface area (Å²) in [6, 6.07) is 1.73. The minimum Gasteiger partial charge on any atom is -0.338 e. The Morgan fingerprint density at radius 1 is 1.21 bits per heavy atom. The van der Waals surface area contributed by atoms with E-state index in [0.717, 1.165) is 18.6 Å². The maximum absolute atomic E-state index is 13.2. The molecule has 1 fully saturated rings. The van der Waals surface area contributed by atoms with Gasteiger partial charge >= 0.3 is 0 Å². The Hall–Kier alpha value is -1.16. The Bertz CT molecular complexity index is 496. The third-order valence-corrected chi connectivity index (χ3v) is 3.71. The fourth-order valence-electron chi connectivity index (χ4n) is 2.69. The van der Waals surface area contributed by atoms with Gasteiger partial charge in [0.25, 0.3) is 5.91 Å². The fourth-order valence-corrected chi connectivity index (χ4v) is 2.92. The largest absolute Gasteiger partial charge is 0.338 e. The molecular weight excluding hydrogens is 272 g/mol. The number of benzene rings is 1. The van der Waals surface area contributed by atoms with Gasteiger partial charge in [-0.15, -0.1) is 0 Å². The Balaban J connectivity index is 2.26. The van der Waals surface area contributed by atoms with E-state index in [1.165, 1.54) is 0 Å². The monoisotopic (exact) mass is 287 g/mol. The molecule has 1 aliphatic rings. The van der Waals surface area contributed by atoms with Gasteiger partial charge in [-0.2, -0.15) is 0 Å². The summed E-state index contributed by atoms with van der Waals surface area (Å²) in [6.07, 6.45) is 1.06. The van der Waals surface area contributed by atoms with E-state index in [4.69, 9.17) is 11.6 Å². The smallest absolute Gasteiger partial charge is 0.255 e. The van der Waals surface area contributed by atoms with Crippen LogP contribution >= 0.6 is 11.6 Å². The Labute approximate surface area is 116 Å². The highest BCUT2D eigenvalue weighted by atomic mass is 35.5. The molecular formula is C14H16ClF2NO. The molecule has 0 aromatic heterocycles. The molecule has 0 bridgehead atoms. The summed E-state index contributed by atoms with van der Waals surface area (Å²) >= 11 is 5.83. The molecule has 2 rings (SSSR count). The van der Waals surface area contributed by atoms with Crippen molar-refractivity contribution in [1.29, 1.82) is 0 Å². The number of rotatable bonds is 1. The highest BCUT2D eigenvalue weighted by Crippen LogP contribution is 2.26. The zero-order chi connectivity index (χ0) is 14.2. The number of carbonyl (C=O) groups excluding carboxylic acids is 1. The van der Waals surface area contributed by atoms with Crippen LogP contribution in [-0.2, 0) is 0 Å². The number of piperidine rings is 1. The van der Waals surface area contributed by atoms with E-state index >= 15 is 0 Å². The van der Waals surface area contributed by atoms with Crippen LogP contribution in [0.1, 0.15) is 30.6 Å². The summed E-state index contributed by atoms with van der Waals surface area (Å²) in [5.41, 5.74) is 0.0295. The van der Waals surface area contributed by atoms with Crippen LogP contribution in [0, 0.1) is 23.5 Å². The molecule has 5 heteroatoms.